The van der Waals surface area contributed by atoms with Gasteiger partial charge >= 0.3 is 0 Å². The molecule has 0 aliphatic carbocycles. The van der Waals surface area contributed by atoms with Crippen molar-refractivity contribution in [2.75, 3.05) is 20.8 Å². The summed E-state index contributed by atoms with van der Waals surface area (Å²) in [6, 6.07) is 3.16. The highest BCUT2D eigenvalue weighted by Gasteiger charge is 2.30. The van der Waals surface area contributed by atoms with Crippen molar-refractivity contribution in [3.8, 4) is 11.5 Å². The zero-order chi connectivity index (χ0) is 13.9. The number of methoxy groups -OCH3 is 2. The lowest BCUT2D eigenvalue weighted by molar-refractivity contribution is 0.132. The molecule has 0 bridgehead atoms. The maximum absolute atomic E-state index is 9.36. The first kappa shape index (κ1) is 18.3. The first-order valence-corrected chi connectivity index (χ1v) is 6.03. The lowest BCUT2D eigenvalue weighted by Crippen LogP contribution is -2.32. The molecule has 0 aromatic heterocycles. The normalized spacial score (nSPS) is 12.6. The number of hydrogen-bond acceptors (Lipinski definition) is 4. The van der Waals surface area contributed by atoms with Gasteiger partial charge in [0.25, 0.3) is 0 Å². The molecule has 110 valence electrons. The van der Waals surface area contributed by atoms with E-state index in [1.54, 1.807) is 19.2 Å². The van der Waals surface area contributed by atoms with Crippen LogP contribution in [0.1, 0.15) is 25.5 Å². The first-order chi connectivity index (χ1) is 8.38. The summed E-state index contributed by atoms with van der Waals surface area (Å²) in [4.78, 5) is 0. The number of ether oxygens (including phenoxy) is 2. The zero-order valence-corrected chi connectivity index (χ0v) is 13.1. The van der Waals surface area contributed by atoms with Gasteiger partial charge in [-0.15, -0.1) is 12.4 Å². The molecule has 1 rings (SSSR count). The number of nitrogens with two attached hydrogens (primary N) is 1. The van der Waals surface area contributed by atoms with Gasteiger partial charge in [0.05, 0.1) is 19.2 Å². The summed E-state index contributed by atoms with van der Waals surface area (Å²) in [6.45, 7) is 3.73. The lowest BCUT2D eigenvalue weighted by Gasteiger charge is -2.30. The van der Waals surface area contributed by atoms with Gasteiger partial charge < -0.3 is 20.3 Å². The molecule has 0 amide bonds. The van der Waals surface area contributed by atoms with E-state index in [1.165, 1.54) is 7.11 Å². The highest BCUT2D eigenvalue weighted by Crippen LogP contribution is 2.42. The van der Waals surface area contributed by atoms with E-state index in [2.05, 4.69) is 0 Å². The van der Waals surface area contributed by atoms with Crippen LogP contribution < -0.4 is 15.2 Å². The molecule has 0 aliphatic rings. The number of halogens is 2. The molecule has 1 aromatic carbocycles. The van der Waals surface area contributed by atoms with Crippen LogP contribution in [-0.4, -0.2) is 25.9 Å². The fraction of sp³-hybridized carbons (Fsp3) is 0.538. The number of hydrogen-bond donors (Lipinski definition) is 2. The molecule has 3 N–H and O–H groups in total. The summed E-state index contributed by atoms with van der Waals surface area (Å²) in [5, 5.41) is 9.79. The Morgan fingerprint density at radius 1 is 1.32 bits per heavy atom. The predicted molar refractivity (Wildman–Crippen MR) is 79.6 cm³/mol. The Morgan fingerprint density at radius 2 is 1.89 bits per heavy atom. The Bertz CT molecular complexity index is 425. The number of aliphatic hydroxyl groups is 1. The molecular formula is C13H21Cl2NO3. The number of aliphatic hydroxyl groups excluding tert-OH is 1. The topological polar surface area (TPSA) is 64.7 Å². The van der Waals surface area contributed by atoms with Gasteiger partial charge in [-0.05, 0) is 11.6 Å². The van der Waals surface area contributed by atoms with Crippen molar-refractivity contribution in [1.29, 1.82) is 0 Å². The van der Waals surface area contributed by atoms with E-state index in [-0.39, 0.29) is 19.0 Å². The Balaban J connectivity index is 0.00000324. The Hall–Kier alpha value is -0.680. The van der Waals surface area contributed by atoms with Crippen molar-refractivity contribution in [3.63, 3.8) is 0 Å². The fourth-order valence-electron chi connectivity index (χ4n) is 1.66. The largest absolute Gasteiger partial charge is 0.493 e. The summed E-state index contributed by atoms with van der Waals surface area (Å²) < 4.78 is 10.4. The molecule has 6 heteroatoms. The molecule has 0 fully saturated rings. The van der Waals surface area contributed by atoms with E-state index >= 15 is 0 Å². The molecule has 0 saturated carbocycles. The van der Waals surface area contributed by atoms with Gasteiger partial charge in [-0.25, -0.2) is 0 Å². The molecule has 0 saturated heterocycles. The van der Waals surface area contributed by atoms with Gasteiger partial charge in [0.2, 0.25) is 0 Å². The second-order valence-corrected chi connectivity index (χ2v) is 5.21. The van der Waals surface area contributed by atoms with Gasteiger partial charge in [0.1, 0.15) is 0 Å². The minimum absolute atomic E-state index is 0. The molecule has 0 aliphatic heterocycles. The molecule has 19 heavy (non-hydrogen) atoms. The smallest absolute Gasteiger partial charge is 0.179 e. The zero-order valence-electron chi connectivity index (χ0n) is 11.6. The highest BCUT2D eigenvalue weighted by molar-refractivity contribution is 6.33. The minimum Gasteiger partial charge on any atom is -0.493 e. The molecule has 1 atom stereocenters. The van der Waals surface area contributed by atoms with E-state index in [9.17, 15) is 5.11 Å². The molecule has 1 aromatic rings. The minimum atomic E-state index is -0.469. The third kappa shape index (κ3) is 3.66. The summed E-state index contributed by atoms with van der Waals surface area (Å²) in [5.74, 6) is 1.01. The molecule has 0 heterocycles. The van der Waals surface area contributed by atoms with Crippen molar-refractivity contribution in [2.24, 2.45) is 11.1 Å². The van der Waals surface area contributed by atoms with Crippen LogP contribution in [0.2, 0.25) is 5.02 Å². The lowest BCUT2D eigenvalue weighted by atomic mass is 9.81. The second-order valence-electron chi connectivity index (χ2n) is 4.83. The summed E-state index contributed by atoms with van der Waals surface area (Å²) in [5.41, 5.74) is 6.42. The quantitative estimate of drug-likeness (QED) is 0.878. The summed E-state index contributed by atoms with van der Waals surface area (Å²) in [7, 11) is 3.07. The van der Waals surface area contributed by atoms with Crippen LogP contribution in [0.25, 0.3) is 0 Å². The average molecular weight is 310 g/mol. The molecule has 0 unspecified atom stereocenters. The molecule has 4 nitrogen and oxygen atoms in total. The standard InChI is InChI=1S/C13H20ClNO3.ClH/c1-13(2,7-16)12(15)8-5-6-9(17-3)11(18-4)10(8)14;/h5-6,12,16H,7,15H2,1-4H3;1H/t12-;/m0./s1. The van der Waals surface area contributed by atoms with E-state index in [0.29, 0.717) is 16.5 Å². The Kier molecular flexibility index (Phi) is 6.94. The maximum atomic E-state index is 9.36. The molecule has 0 radical (unpaired) electrons. The van der Waals surface area contributed by atoms with Gasteiger partial charge in [-0.3, -0.25) is 0 Å². The number of rotatable bonds is 5. The monoisotopic (exact) mass is 309 g/mol. The third-order valence-corrected chi connectivity index (χ3v) is 3.49. The van der Waals surface area contributed by atoms with Gasteiger partial charge in [-0.2, -0.15) is 0 Å². The van der Waals surface area contributed by atoms with Crippen LogP contribution >= 0.6 is 24.0 Å². The second kappa shape index (κ2) is 7.20. The predicted octanol–water partition coefficient (Wildman–Crippen LogP) is 2.80. The average Bonchev–Trinajstić information content (AvgIpc) is 2.37. The van der Waals surface area contributed by atoms with Gasteiger partial charge in [0.15, 0.2) is 11.5 Å². The Morgan fingerprint density at radius 3 is 2.32 bits per heavy atom. The molecular weight excluding hydrogens is 289 g/mol. The summed E-state index contributed by atoms with van der Waals surface area (Å²) >= 11 is 6.28. The van der Waals surface area contributed by atoms with Crippen molar-refractivity contribution in [2.45, 2.75) is 19.9 Å². The maximum Gasteiger partial charge on any atom is 0.179 e. The fourth-order valence-corrected chi connectivity index (χ4v) is 2.01. The van der Waals surface area contributed by atoms with Crippen LogP contribution in [0.4, 0.5) is 0 Å². The Labute approximate surface area is 125 Å². The highest BCUT2D eigenvalue weighted by atomic mass is 35.5. The third-order valence-electron chi connectivity index (χ3n) is 3.10. The van der Waals surface area contributed by atoms with Gasteiger partial charge in [-0.1, -0.05) is 31.5 Å². The van der Waals surface area contributed by atoms with Crippen molar-refractivity contribution in [1.82, 2.24) is 0 Å². The van der Waals surface area contributed by atoms with Crippen molar-refractivity contribution < 1.29 is 14.6 Å². The summed E-state index contributed by atoms with van der Waals surface area (Å²) in [6.07, 6.45) is 0. The van der Waals surface area contributed by atoms with Gasteiger partial charge in [0, 0.05) is 18.1 Å². The van der Waals surface area contributed by atoms with Crippen molar-refractivity contribution in [3.05, 3.63) is 22.7 Å². The van der Waals surface area contributed by atoms with E-state index in [4.69, 9.17) is 26.8 Å². The van der Waals surface area contributed by atoms with Crippen LogP contribution in [-0.2, 0) is 0 Å². The first-order valence-electron chi connectivity index (χ1n) is 5.65. The van der Waals surface area contributed by atoms with Crippen LogP contribution in [0.15, 0.2) is 12.1 Å². The number of benzene rings is 1. The molecule has 0 spiro atoms. The SMILES string of the molecule is COc1ccc([C@H](N)C(C)(C)CO)c(Cl)c1OC.Cl. The van der Waals surface area contributed by atoms with E-state index in [0.717, 1.165) is 5.56 Å². The van der Waals surface area contributed by atoms with E-state index < -0.39 is 11.5 Å². The van der Waals surface area contributed by atoms with E-state index in [1.807, 2.05) is 13.8 Å². The van der Waals surface area contributed by atoms with Crippen LogP contribution in [0, 0.1) is 5.41 Å². The van der Waals surface area contributed by atoms with Crippen LogP contribution in [0.3, 0.4) is 0 Å². The van der Waals surface area contributed by atoms with Crippen molar-refractivity contribution >= 4 is 24.0 Å². The van der Waals surface area contributed by atoms with Crippen LogP contribution in [0.5, 0.6) is 11.5 Å².